The normalized spacial score (nSPS) is 23.8. The van der Waals surface area contributed by atoms with Crippen molar-refractivity contribution >= 4 is 29.4 Å². The third-order valence-corrected chi connectivity index (χ3v) is 3.36. The molecule has 0 aromatic heterocycles. The molecule has 1 aromatic carbocycles. The van der Waals surface area contributed by atoms with Crippen molar-refractivity contribution in [2.75, 3.05) is 5.32 Å². The highest BCUT2D eigenvalue weighted by Crippen LogP contribution is 2.40. The number of barbiturate groups is 1. The predicted molar refractivity (Wildman–Crippen MR) is 64.4 cm³/mol. The molecular formula is C12H9N3O5. The van der Waals surface area contributed by atoms with Crippen LogP contribution in [0.5, 0.6) is 0 Å². The molecule has 1 unspecified atom stereocenters. The summed E-state index contributed by atoms with van der Waals surface area (Å²) in [5.41, 5.74) is -1.93. The van der Waals surface area contributed by atoms with Gasteiger partial charge in [-0.25, -0.2) is 4.79 Å². The van der Waals surface area contributed by atoms with Crippen LogP contribution < -0.4 is 16.0 Å². The van der Waals surface area contributed by atoms with Gasteiger partial charge < -0.3 is 10.4 Å². The van der Waals surface area contributed by atoms with E-state index in [9.17, 15) is 24.3 Å². The Kier molecular flexibility index (Phi) is 2.38. The minimum absolute atomic E-state index is 0.319. The molecular weight excluding hydrogens is 266 g/mol. The minimum Gasteiger partial charge on any atom is -0.371 e. The summed E-state index contributed by atoms with van der Waals surface area (Å²) in [7, 11) is 0. The summed E-state index contributed by atoms with van der Waals surface area (Å²) >= 11 is 0. The van der Waals surface area contributed by atoms with E-state index in [0.717, 1.165) is 0 Å². The Balaban J connectivity index is 2.12. The van der Waals surface area contributed by atoms with Gasteiger partial charge in [-0.3, -0.25) is 25.0 Å². The van der Waals surface area contributed by atoms with Crippen LogP contribution in [0.2, 0.25) is 0 Å². The summed E-state index contributed by atoms with van der Waals surface area (Å²) in [4.78, 5) is 46.7. The highest BCUT2D eigenvalue weighted by atomic mass is 16.3. The molecule has 5 amide bonds. The lowest BCUT2D eigenvalue weighted by Gasteiger charge is -2.32. The summed E-state index contributed by atoms with van der Waals surface area (Å²) < 4.78 is 0. The van der Waals surface area contributed by atoms with Gasteiger partial charge in [-0.15, -0.1) is 0 Å². The van der Waals surface area contributed by atoms with Gasteiger partial charge in [0.15, 0.2) is 0 Å². The van der Waals surface area contributed by atoms with E-state index in [1.807, 2.05) is 0 Å². The van der Waals surface area contributed by atoms with E-state index in [1.165, 1.54) is 6.07 Å². The number of benzene rings is 1. The summed E-state index contributed by atoms with van der Waals surface area (Å²) in [5, 5.41) is 16.5. The Morgan fingerprint density at radius 3 is 2.20 bits per heavy atom. The van der Waals surface area contributed by atoms with Crippen LogP contribution >= 0.6 is 0 Å². The van der Waals surface area contributed by atoms with Crippen molar-refractivity contribution in [3.63, 3.8) is 0 Å². The van der Waals surface area contributed by atoms with Gasteiger partial charge in [0, 0.05) is 5.69 Å². The number of amides is 5. The quantitative estimate of drug-likeness (QED) is 0.480. The minimum atomic E-state index is -2.66. The molecule has 3 rings (SSSR count). The van der Waals surface area contributed by atoms with Crippen molar-refractivity contribution in [1.82, 2.24) is 10.6 Å². The number of carbonyl (C=O) groups is 4. The van der Waals surface area contributed by atoms with E-state index < -0.39 is 35.3 Å². The zero-order chi connectivity index (χ0) is 14.5. The molecule has 1 atom stereocenters. The highest BCUT2D eigenvalue weighted by Gasteiger charge is 2.59. The van der Waals surface area contributed by atoms with Gasteiger partial charge in [0.25, 0.3) is 11.8 Å². The molecule has 0 radical (unpaired) electrons. The molecule has 1 aromatic rings. The van der Waals surface area contributed by atoms with Crippen LogP contribution in [-0.4, -0.2) is 34.5 Å². The monoisotopic (exact) mass is 275 g/mol. The number of nitrogens with one attached hydrogen (secondary N) is 3. The number of hydrogen-bond donors (Lipinski definition) is 4. The molecule has 4 N–H and O–H groups in total. The number of carbonyl (C=O) groups excluding carboxylic acids is 4. The molecule has 2 heterocycles. The highest BCUT2D eigenvalue weighted by molar-refractivity contribution is 6.25. The van der Waals surface area contributed by atoms with Gasteiger partial charge >= 0.3 is 6.03 Å². The Bertz CT molecular complexity index is 649. The summed E-state index contributed by atoms with van der Waals surface area (Å²) in [6.07, 6.45) is 0. The number of rotatable bonds is 1. The Hall–Kier alpha value is -2.74. The maximum absolute atomic E-state index is 12.0. The first-order chi connectivity index (χ1) is 9.44. The number of hydrogen-bond acceptors (Lipinski definition) is 5. The van der Waals surface area contributed by atoms with Crippen molar-refractivity contribution in [2.45, 2.75) is 11.5 Å². The number of anilines is 1. The van der Waals surface area contributed by atoms with Crippen molar-refractivity contribution in [1.29, 1.82) is 0 Å². The molecule has 8 nitrogen and oxygen atoms in total. The maximum Gasteiger partial charge on any atom is 0.328 e. The molecule has 1 fully saturated rings. The average Bonchev–Trinajstić information content (AvgIpc) is 2.72. The molecule has 2 aliphatic heterocycles. The maximum atomic E-state index is 12.0. The molecule has 0 spiro atoms. The molecule has 1 saturated heterocycles. The van der Waals surface area contributed by atoms with Crippen LogP contribution in [0.1, 0.15) is 11.5 Å². The van der Waals surface area contributed by atoms with Crippen LogP contribution in [0.25, 0.3) is 0 Å². The number of urea groups is 1. The molecule has 0 bridgehead atoms. The Morgan fingerprint density at radius 2 is 1.55 bits per heavy atom. The molecule has 0 saturated carbocycles. The van der Waals surface area contributed by atoms with Crippen molar-refractivity contribution in [3.8, 4) is 0 Å². The van der Waals surface area contributed by atoms with Gasteiger partial charge in [0.1, 0.15) is 5.92 Å². The Morgan fingerprint density at radius 1 is 0.950 bits per heavy atom. The molecule has 8 heteroatoms. The largest absolute Gasteiger partial charge is 0.371 e. The van der Waals surface area contributed by atoms with Gasteiger partial charge in [0.2, 0.25) is 11.5 Å². The van der Waals surface area contributed by atoms with Crippen LogP contribution in [0, 0.1) is 0 Å². The van der Waals surface area contributed by atoms with Crippen LogP contribution in [0.15, 0.2) is 24.3 Å². The van der Waals surface area contributed by atoms with E-state index >= 15 is 0 Å². The van der Waals surface area contributed by atoms with Gasteiger partial charge in [-0.1, -0.05) is 18.2 Å². The standard InChI is InChI=1S/C12H9N3O5/c16-8-7(5-3-1-2-4-6(5)13-8)12(20)9(17)14-11(19)15-10(12)18/h1-4,7,20H,(H,13,16)(H2,14,15,17,18,19). The van der Waals surface area contributed by atoms with Crippen LogP contribution in [0.3, 0.4) is 0 Å². The van der Waals surface area contributed by atoms with E-state index in [0.29, 0.717) is 11.3 Å². The number of fused-ring (bicyclic) bond motifs is 1. The van der Waals surface area contributed by atoms with Crippen molar-refractivity contribution in [3.05, 3.63) is 29.8 Å². The lowest BCUT2D eigenvalue weighted by atomic mass is 9.80. The van der Waals surface area contributed by atoms with Gasteiger partial charge in [-0.2, -0.15) is 0 Å². The lowest BCUT2D eigenvalue weighted by molar-refractivity contribution is -0.159. The predicted octanol–water partition coefficient (Wildman–Crippen LogP) is -1.18. The molecule has 102 valence electrons. The fraction of sp³-hybridized carbons (Fsp3) is 0.167. The topological polar surface area (TPSA) is 125 Å². The fourth-order valence-corrected chi connectivity index (χ4v) is 2.42. The third-order valence-electron chi connectivity index (χ3n) is 3.36. The first-order valence-corrected chi connectivity index (χ1v) is 5.73. The van der Waals surface area contributed by atoms with Gasteiger partial charge in [-0.05, 0) is 11.6 Å². The fourth-order valence-electron chi connectivity index (χ4n) is 2.42. The summed E-state index contributed by atoms with van der Waals surface area (Å²) in [5.74, 6) is -4.54. The zero-order valence-electron chi connectivity index (χ0n) is 9.97. The molecule has 2 aliphatic rings. The molecule has 0 aliphatic carbocycles. The average molecular weight is 275 g/mol. The lowest BCUT2D eigenvalue weighted by Crippen LogP contribution is -2.69. The second-order valence-corrected chi connectivity index (χ2v) is 4.51. The van der Waals surface area contributed by atoms with Crippen molar-refractivity contribution < 1.29 is 24.3 Å². The van der Waals surface area contributed by atoms with Crippen LogP contribution in [-0.2, 0) is 14.4 Å². The van der Waals surface area contributed by atoms with E-state index in [4.69, 9.17) is 0 Å². The summed E-state index contributed by atoms with van der Waals surface area (Å²) in [6.45, 7) is 0. The number of aliphatic hydroxyl groups is 1. The zero-order valence-corrected chi connectivity index (χ0v) is 9.97. The van der Waals surface area contributed by atoms with Crippen LogP contribution in [0.4, 0.5) is 10.5 Å². The van der Waals surface area contributed by atoms with E-state index in [-0.39, 0.29) is 0 Å². The van der Waals surface area contributed by atoms with Gasteiger partial charge in [0.05, 0.1) is 0 Å². The number of imide groups is 2. The SMILES string of the molecule is O=C1NC(=O)C(O)(C2C(=O)Nc3ccccc32)C(=O)N1. The van der Waals surface area contributed by atoms with E-state index in [1.54, 1.807) is 28.8 Å². The summed E-state index contributed by atoms with van der Waals surface area (Å²) in [6, 6.07) is 5.35. The molecule has 20 heavy (non-hydrogen) atoms. The first-order valence-electron chi connectivity index (χ1n) is 5.73. The Labute approximate surface area is 112 Å². The number of para-hydroxylation sites is 1. The van der Waals surface area contributed by atoms with Crippen molar-refractivity contribution in [2.24, 2.45) is 0 Å². The smallest absolute Gasteiger partial charge is 0.328 e. The third kappa shape index (κ3) is 1.45. The first kappa shape index (κ1) is 12.3. The van der Waals surface area contributed by atoms with E-state index in [2.05, 4.69) is 5.32 Å². The second kappa shape index (κ2) is 3.87. The second-order valence-electron chi connectivity index (χ2n) is 4.51.